The lowest BCUT2D eigenvalue weighted by Crippen LogP contribution is -2.37. The van der Waals surface area contributed by atoms with Crippen LogP contribution in [0.3, 0.4) is 0 Å². The molecule has 0 spiro atoms. The summed E-state index contributed by atoms with van der Waals surface area (Å²) >= 11 is 0. The van der Waals surface area contributed by atoms with E-state index in [1.807, 2.05) is 32.0 Å². The van der Waals surface area contributed by atoms with Gasteiger partial charge in [0, 0.05) is 13.1 Å². The predicted molar refractivity (Wildman–Crippen MR) is 62.8 cm³/mol. The zero-order chi connectivity index (χ0) is 12.1. The first-order chi connectivity index (χ1) is 7.52. The molecular weight excluding hydrogens is 204 g/mol. The van der Waals surface area contributed by atoms with Gasteiger partial charge >= 0.3 is 0 Å². The fraction of sp³-hybridized carbons (Fsp3) is 0.417. The van der Waals surface area contributed by atoms with Crippen molar-refractivity contribution in [3.8, 4) is 0 Å². The molecule has 0 aliphatic heterocycles. The minimum atomic E-state index is -1.12. The first-order valence-electron chi connectivity index (χ1n) is 5.25. The van der Waals surface area contributed by atoms with E-state index in [-0.39, 0.29) is 6.54 Å². The summed E-state index contributed by atoms with van der Waals surface area (Å²) in [7, 11) is 0. The van der Waals surface area contributed by atoms with Crippen molar-refractivity contribution in [2.45, 2.75) is 26.5 Å². The van der Waals surface area contributed by atoms with Gasteiger partial charge in [-0.25, -0.2) is 0 Å². The van der Waals surface area contributed by atoms with Crippen molar-refractivity contribution in [2.75, 3.05) is 6.54 Å². The van der Waals surface area contributed by atoms with Gasteiger partial charge in [0.15, 0.2) is 0 Å². The van der Waals surface area contributed by atoms with E-state index >= 15 is 0 Å². The molecule has 1 atom stereocenters. The Balaban J connectivity index is 2.52. The Morgan fingerprint density at radius 2 is 2.00 bits per heavy atom. The van der Waals surface area contributed by atoms with Crippen LogP contribution in [0.25, 0.3) is 0 Å². The van der Waals surface area contributed by atoms with Crippen molar-refractivity contribution in [1.29, 1.82) is 0 Å². The van der Waals surface area contributed by atoms with Gasteiger partial charge in [0.25, 0.3) is 0 Å². The second-order valence-electron chi connectivity index (χ2n) is 3.92. The van der Waals surface area contributed by atoms with Crippen LogP contribution in [-0.4, -0.2) is 23.7 Å². The Bertz CT molecular complexity index is 357. The second kappa shape index (κ2) is 5.63. The number of benzene rings is 1. The van der Waals surface area contributed by atoms with E-state index in [0.717, 1.165) is 0 Å². The quantitative estimate of drug-likeness (QED) is 0.668. The fourth-order valence-corrected chi connectivity index (χ4v) is 1.56. The van der Waals surface area contributed by atoms with Crippen LogP contribution >= 0.6 is 0 Å². The second-order valence-corrected chi connectivity index (χ2v) is 3.92. The average Bonchev–Trinajstić information content (AvgIpc) is 2.22. The van der Waals surface area contributed by atoms with Crippen LogP contribution < -0.4 is 11.1 Å². The normalized spacial score (nSPS) is 12.4. The molecule has 88 valence electrons. The van der Waals surface area contributed by atoms with Gasteiger partial charge in [-0.1, -0.05) is 18.2 Å². The molecule has 1 aromatic carbocycles. The van der Waals surface area contributed by atoms with Gasteiger partial charge in [0.1, 0.15) is 6.10 Å². The number of aliphatic hydroxyl groups excluding tert-OH is 1. The lowest BCUT2D eigenvalue weighted by molar-refractivity contribution is -0.125. The maximum atomic E-state index is 10.6. The van der Waals surface area contributed by atoms with Crippen molar-refractivity contribution >= 4 is 5.91 Å². The minimum absolute atomic E-state index is 0.184. The van der Waals surface area contributed by atoms with Crippen LogP contribution in [-0.2, 0) is 11.3 Å². The van der Waals surface area contributed by atoms with Gasteiger partial charge in [-0.3, -0.25) is 4.79 Å². The van der Waals surface area contributed by atoms with Gasteiger partial charge in [-0.2, -0.15) is 0 Å². The number of nitrogens with one attached hydrogen (secondary N) is 1. The molecule has 0 aliphatic carbocycles. The van der Waals surface area contributed by atoms with Crippen LogP contribution in [0.4, 0.5) is 0 Å². The van der Waals surface area contributed by atoms with Gasteiger partial charge < -0.3 is 16.2 Å². The molecule has 0 bridgehead atoms. The Morgan fingerprint density at radius 1 is 1.44 bits per heavy atom. The summed E-state index contributed by atoms with van der Waals surface area (Å²) in [5.41, 5.74) is 8.53. The van der Waals surface area contributed by atoms with Crippen molar-refractivity contribution in [1.82, 2.24) is 5.32 Å². The van der Waals surface area contributed by atoms with Crippen molar-refractivity contribution in [3.05, 3.63) is 34.9 Å². The zero-order valence-electron chi connectivity index (χ0n) is 9.66. The third-order valence-corrected chi connectivity index (χ3v) is 2.61. The molecule has 1 rings (SSSR count). The summed E-state index contributed by atoms with van der Waals surface area (Å²) in [6.45, 7) is 4.88. The first-order valence-corrected chi connectivity index (χ1v) is 5.25. The number of amides is 1. The van der Waals surface area contributed by atoms with Gasteiger partial charge in [0.2, 0.25) is 5.91 Å². The highest BCUT2D eigenvalue weighted by atomic mass is 16.3. The molecule has 1 amide bonds. The number of aryl methyl sites for hydroxylation is 2. The minimum Gasteiger partial charge on any atom is -0.382 e. The number of carbonyl (C=O) groups excluding carboxylic acids is 1. The largest absolute Gasteiger partial charge is 0.382 e. The first kappa shape index (κ1) is 12.7. The average molecular weight is 222 g/mol. The number of rotatable bonds is 5. The number of hydrogen-bond acceptors (Lipinski definition) is 3. The van der Waals surface area contributed by atoms with Crippen LogP contribution in [0, 0.1) is 13.8 Å². The van der Waals surface area contributed by atoms with Crippen molar-refractivity contribution in [2.24, 2.45) is 5.73 Å². The van der Waals surface area contributed by atoms with Gasteiger partial charge in [-0.05, 0) is 30.5 Å². The molecule has 0 saturated carbocycles. The molecule has 0 saturated heterocycles. The van der Waals surface area contributed by atoms with Crippen molar-refractivity contribution < 1.29 is 9.90 Å². The van der Waals surface area contributed by atoms with E-state index in [1.54, 1.807) is 0 Å². The number of aliphatic hydroxyl groups is 1. The molecule has 0 heterocycles. The van der Waals surface area contributed by atoms with E-state index < -0.39 is 12.0 Å². The maximum absolute atomic E-state index is 10.6. The predicted octanol–water partition coefficient (Wildman–Crippen LogP) is 0.239. The molecule has 0 radical (unpaired) electrons. The van der Waals surface area contributed by atoms with Crippen LogP contribution in [0.15, 0.2) is 18.2 Å². The summed E-state index contributed by atoms with van der Waals surface area (Å²) in [5.74, 6) is -0.700. The summed E-state index contributed by atoms with van der Waals surface area (Å²) < 4.78 is 0. The topological polar surface area (TPSA) is 75.3 Å². The van der Waals surface area contributed by atoms with Crippen molar-refractivity contribution in [3.63, 3.8) is 0 Å². The highest BCUT2D eigenvalue weighted by molar-refractivity contribution is 5.78. The summed E-state index contributed by atoms with van der Waals surface area (Å²) in [4.78, 5) is 10.6. The number of carbonyl (C=O) groups is 1. The molecule has 4 heteroatoms. The fourth-order valence-electron chi connectivity index (χ4n) is 1.56. The molecule has 16 heavy (non-hydrogen) atoms. The smallest absolute Gasteiger partial charge is 0.247 e. The van der Waals surface area contributed by atoms with Gasteiger partial charge in [0.05, 0.1) is 0 Å². The molecule has 1 unspecified atom stereocenters. The highest BCUT2D eigenvalue weighted by Crippen LogP contribution is 2.12. The van der Waals surface area contributed by atoms with E-state index in [1.165, 1.54) is 16.7 Å². The van der Waals surface area contributed by atoms with Crippen LogP contribution in [0.5, 0.6) is 0 Å². The Morgan fingerprint density at radius 3 is 2.50 bits per heavy atom. The summed E-state index contributed by atoms with van der Waals surface area (Å²) in [5, 5.41) is 12.2. The standard InChI is InChI=1S/C12H18N2O2/c1-8-4-3-5-9(2)10(8)6-14-7-11(15)12(13)16/h3-5,11,14-15H,6-7H2,1-2H3,(H2,13,16). The van der Waals surface area contributed by atoms with Gasteiger partial charge in [-0.15, -0.1) is 0 Å². The molecule has 4 nitrogen and oxygen atoms in total. The van der Waals surface area contributed by atoms with E-state index in [2.05, 4.69) is 5.32 Å². The van der Waals surface area contributed by atoms with E-state index in [0.29, 0.717) is 6.54 Å². The monoisotopic (exact) mass is 222 g/mol. The number of primary amides is 1. The lowest BCUT2D eigenvalue weighted by Gasteiger charge is -2.12. The Labute approximate surface area is 95.5 Å². The maximum Gasteiger partial charge on any atom is 0.247 e. The molecular formula is C12H18N2O2. The highest BCUT2D eigenvalue weighted by Gasteiger charge is 2.10. The molecule has 0 fully saturated rings. The summed E-state index contributed by atoms with van der Waals surface area (Å²) in [6, 6.07) is 6.08. The third-order valence-electron chi connectivity index (χ3n) is 2.61. The molecule has 1 aromatic rings. The molecule has 0 aliphatic rings. The SMILES string of the molecule is Cc1cccc(C)c1CNCC(O)C(N)=O. The van der Waals surface area contributed by atoms with E-state index in [9.17, 15) is 9.90 Å². The summed E-state index contributed by atoms with van der Waals surface area (Å²) in [6.07, 6.45) is -1.12. The number of hydrogen-bond donors (Lipinski definition) is 3. The Hall–Kier alpha value is -1.39. The number of nitrogens with two attached hydrogens (primary N) is 1. The molecule has 0 aromatic heterocycles. The lowest BCUT2D eigenvalue weighted by atomic mass is 10.0. The third kappa shape index (κ3) is 3.32. The zero-order valence-corrected chi connectivity index (χ0v) is 9.66. The van der Waals surface area contributed by atoms with Crippen LogP contribution in [0.1, 0.15) is 16.7 Å². The van der Waals surface area contributed by atoms with E-state index in [4.69, 9.17) is 5.73 Å². The Kier molecular flexibility index (Phi) is 4.46. The van der Waals surface area contributed by atoms with Crippen LogP contribution in [0.2, 0.25) is 0 Å². The molecule has 4 N–H and O–H groups in total.